The van der Waals surface area contributed by atoms with E-state index in [1.54, 1.807) is 18.2 Å². The number of ether oxygens (including phenoxy) is 1. The molecule has 8 nitrogen and oxygen atoms in total. The molecule has 0 unspecified atom stereocenters. The predicted octanol–water partition coefficient (Wildman–Crippen LogP) is 3.60. The maximum absolute atomic E-state index is 14.3. The molecule has 0 fully saturated rings. The van der Waals surface area contributed by atoms with Crippen LogP contribution in [0, 0.1) is 11.6 Å². The first-order valence-corrected chi connectivity index (χ1v) is 10.6. The van der Waals surface area contributed by atoms with Gasteiger partial charge in [0, 0.05) is 12.0 Å². The Bertz CT molecular complexity index is 1450. The van der Waals surface area contributed by atoms with E-state index in [9.17, 15) is 13.6 Å². The minimum atomic E-state index is -0.707. The van der Waals surface area contributed by atoms with Gasteiger partial charge < -0.3 is 10.1 Å². The van der Waals surface area contributed by atoms with Gasteiger partial charge in [-0.3, -0.25) is 4.79 Å². The van der Waals surface area contributed by atoms with Crippen molar-refractivity contribution >= 4 is 22.8 Å². The zero-order valence-electron chi connectivity index (χ0n) is 17.6. The molecule has 1 aromatic carbocycles. The van der Waals surface area contributed by atoms with Gasteiger partial charge in [0.1, 0.15) is 23.1 Å². The summed E-state index contributed by atoms with van der Waals surface area (Å²) in [5.74, 6) is -0.187. The van der Waals surface area contributed by atoms with Gasteiger partial charge in [0.05, 0.1) is 35.7 Å². The summed E-state index contributed by atoms with van der Waals surface area (Å²) in [6, 6.07) is 7.64. The number of amides is 1. The molecule has 1 amide bonds. The zero-order chi connectivity index (χ0) is 22.7. The summed E-state index contributed by atoms with van der Waals surface area (Å²) >= 11 is 0. The number of nitrogens with one attached hydrogen (secondary N) is 1. The topological polar surface area (TPSA) is 94.8 Å². The molecule has 0 bridgehead atoms. The smallest absolute Gasteiger partial charge is 0.236 e. The van der Waals surface area contributed by atoms with E-state index in [0.717, 1.165) is 6.20 Å². The minimum Gasteiger partial charge on any atom is -0.477 e. The monoisotopic (exact) mass is 448 g/mol. The van der Waals surface area contributed by atoms with E-state index < -0.39 is 11.2 Å². The normalized spacial score (nSPS) is 18.8. The fraction of sp³-hybridized carbons (Fsp3) is 0.261. The third-order valence-corrected chi connectivity index (χ3v) is 6.44. The molecule has 1 atom stereocenters. The molecule has 3 aromatic heterocycles. The molecular weight excluding hydrogens is 430 g/mol. The number of carbonyl (C=O) groups is 1. The summed E-state index contributed by atoms with van der Waals surface area (Å²) in [7, 11) is 0. The summed E-state index contributed by atoms with van der Waals surface area (Å²) in [6.07, 6.45) is 2.23. The Balaban J connectivity index is 1.53. The van der Waals surface area contributed by atoms with Crippen molar-refractivity contribution < 1.29 is 18.3 Å². The first-order chi connectivity index (χ1) is 16.0. The van der Waals surface area contributed by atoms with Crippen LogP contribution in [0.4, 0.5) is 14.6 Å². The van der Waals surface area contributed by atoms with Crippen molar-refractivity contribution in [2.75, 3.05) is 11.9 Å². The molecule has 2 aliphatic heterocycles. The highest BCUT2D eigenvalue weighted by molar-refractivity contribution is 6.06. The lowest BCUT2D eigenvalue weighted by Crippen LogP contribution is -2.38. The van der Waals surface area contributed by atoms with Gasteiger partial charge in [0.15, 0.2) is 11.5 Å². The highest BCUT2D eigenvalue weighted by Crippen LogP contribution is 2.49. The van der Waals surface area contributed by atoms with Gasteiger partial charge in [-0.05, 0) is 18.6 Å². The Morgan fingerprint density at radius 2 is 2.09 bits per heavy atom. The van der Waals surface area contributed by atoms with Crippen molar-refractivity contribution in [3.8, 4) is 17.4 Å². The van der Waals surface area contributed by atoms with Gasteiger partial charge in [-0.1, -0.05) is 25.1 Å². The van der Waals surface area contributed by atoms with E-state index in [0.29, 0.717) is 53.3 Å². The Morgan fingerprint density at radius 1 is 1.24 bits per heavy atom. The fourth-order valence-electron chi connectivity index (χ4n) is 4.68. The Hall–Kier alpha value is -3.95. The van der Waals surface area contributed by atoms with Crippen molar-refractivity contribution in [2.24, 2.45) is 0 Å². The first kappa shape index (κ1) is 19.7. The van der Waals surface area contributed by atoms with Crippen LogP contribution < -0.4 is 10.1 Å². The van der Waals surface area contributed by atoms with Gasteiger partial charge in [0.2, 0.25) is 11.8 Å². The molecule has 0 aliphatic carbocycles. The van der Waals surface area contributed by atoms with Crippen LogP contribution in [-0.2, 0) is 16.8 Å². The van der Waals surface area contributed by atoms with Crippen LogP contribution in [0.2, 0.25) is 0 Å². The number of pyridine rings is 1. The Kier molecular flexibility index (Phi) is 4.20. The van der Waals surface area contributed by atoms with E-state index >= 15 is 0 Å². The van der Waals surface area contributed by atoms with E-state index in [-0.39, 0.29) is 29.8 Å². The number of anilines is 1. The largest absolute Gasteiger partial charge is 0.477 e. The maximum atomic E-state index is 14.3. The van der Waals surface area contributed by atoms with Crippen LogP contribution >= 0.6 is 0 Å². The number of hydrogen-bond donors (Lipinski definition) is 1. The van der Waals surface area contributed by atoms with Crippen LogP contribution in [0.1, 0.15) is 30.9 Å². The number of carbonyl (C=O) groups excluding carboxylic acids is 1. The molecule has 0 radical (unpaired) electrons. The quantitative estimate of drug-likeness (QED) is 0.513. The molecule has 0 saturated heterocycles. The third kappa shape index (κ3) is 2.83. The van der Waals surface area contributed by atoms with Crippen molar-refractivity contribution in [1.29, 1.82) is 0 Å². The van der Waals surface area contributed by atoms with Gasteiger partial charge in [-0.15, -0.1) is 0 Å². The van der Waals surface area contributed by atoms with E-state index in [4.69, 9.17) is 4.74 Å². The van der Waals surface area contributed by atoms with Crippen LogP contribution in [0.5, 0.6) is 5.88 Å². The highest BCUT2D eigenvalue weighted by Gasteiger charge is 2.51. The van der Waals surface area contributed by atoms with E-state index in [2.05, 4.69) is 25.4 Å². The van der Waals surface area contributed by atoms with Gasteiger partial charge >= 0.3 is 0 Å². The summed E-state index contributed by atoms with van der Waals surface area (Å²) in [6.45, 7) is 2.39. The molecule has 2 aliphatic rings. The zero-order valence-corrected chi connectivity index (χ0v) is 17.6. The fourth-order valence-corrected chi connectivity index (χ4v) is 4.68. The molecule has 10 heteroatoms. The first-order valence-electron chi connectivity index (χ1n) is 10.6. The molecule has 1 N–H and O–H groups in total. The number of fused-ring (bicyclic) bond motifs is 1. The average Bonchev–Trinajstić information content (AvgIpc) is 3.31. The second-order valence-corrected chi connectivity index (χ2v) is 8.19. The number of halogens is 2. The van der Waals surface area contributed by atoms with Crippen LogP contribution in [0.15, 0.2) is 36.5 Å². The van der Waals surface area contributed by atoms with Crippen LogP contribution in [0.3, 0.4) is 0 Å². The molecule has 0 saturated carbocycles. The average molecular weight is 448 g/mol. The molecule has 33 heavy (non-hydrogen) atoms. The van der Waals surface area contributed by atoms with Crippen molar-refractivity contribution in [3.05, 3.63) is 59.3 Å². The SMILES string of the molecule is CC[C@@]12CCOc3nc(-c4nn(Cc5ccccc5F)c5ncc(F)cc45)nc(c31)NC2=O. The number of aromatic nitrogens is 5. The van der Waals surface area contributed by atoms with Gasteiger partial charge in [0.25, 0.3) is 0 Å². The molecule has 0 spiro atoms. The van der Waals surface area contributed by atoms with E-state index in [1.165, 1.54) is 16.8 Å². The summed E-state index contributed by atoms with van der Waals surface area (Å²) in [4.78, 5) is 26.1. The standard InChI is InChI=1S/C23H18F2N6O2/c1-2-23-7-8-33-21-16(23)18(29-22(23)32)27-19(28-21)17-14-9-13(24)10-26-20(14)31(30-17)11-12-5-3-4-6-15(12)25/h3-6,9-10H,2,7-8,11H2,1H3,(H,27,28,29,32)/t23-/m1/s1. The minimum absolute atomic E-state index is 0.0891. The van der Waals surface area contributed by atoms with Crippen molar-refractivity contribution in [2.45, 2.75) is 31.7 Å². The lowest BCUT2D eigenvalue weighted by Gasteiger charge is -2.30. The molecule has 4 aromatic rings. The maximum Gasteiger partial charge on any atom is 0.236 e. The van der Waals surface area contributed by atoms with Gasteiger partial charge in [-0.25, -0.2) is 23.4 Å². The molecular formula is C23H18F2N6O2. The van der Waals surface area contributed by atoms with Gasteiger partial charge in [-0.2, -0.15) is 10.1 Å². The van der Waals surface area contributed by atoms with E-state index in [1.807, 2.05) is 6.92 Å². The van der Waals surface area contributed by atoms with Crippen molar-refractivity contribution in [1.82, 2.24) is 24.7 Å². The number of benzene rings is 1. The Morgan fingerprint density at radius 3 is 2.91 bits per heavy atom. The number of nitrogens with zero attached hydrogens (tertiary/aromatic N) is 5. The summed E-state index contributed by atoms with van der Waals surface area (Å²) in [5.41, 5.74) is 0.990. The number of rotatable bonds is 4. The second-order valence-electron chi connectivity index (χ2n) is 8.19. The number of hydrogen-bond acceptors (Lipinski definition) is 6. The molecule has 166 valence electrons. The highest BCUT2D eigenvalue weighted by atomic mass is 19.1. The van der Waals surface area contributed by atoms with Crippen molar-refractivity contribution in [3.63, 3.8) is 0 Å². The molecule has 6 rings (SSSR count). The van der Waals surface area contributed by atoms with Crippen LogP contribution in [-0.4, -0.2) is 37.2 Å². The third-order valence-electron chi connectivity index (χ3n) is 6.44. The predicted molar refractivity (Wildman–Crippen MR) is 115 cm³/mol. The Labute approximate surface area is 186 Å². The second kappa shape index (κ2) is 7.03. The van der Waals surface area contributed by atoms with Crippen LogP contribution in [0.25, 0.3) is 22.6 Å². The lowest BCUT2D eigenvalue weighted by molar-refractivity contribution is -0.121. The summed E-state index contributed by atoms with van der Waals surface area (Å²) < 4.78 is 35.7. The lowest BCUT2D eigenvalue weighted by atomic mass is 9.76. The summed E-state index contributed by atoms with van der Waals surface area (Å²) in [5, 5.41) is 7.79. The molecule has 5 heterocycles.